The first-order valence-corrected chi connectivity index (χ1v) is 11.9. The summed E-state index contributed by atoms with van der Waals surface area (Å²) in [6.45, 7) is 4.62. The lowest BCUT2D eigenvalue weighted by molar-refractivity contribution is 0.0697. The van der Waals surface area contributed by atoms with Gasteiger partial charge < -0.3 is 10.0 Å². The molecule has 1 heterocycles. The minimum Gasteiger partial charge on any atom is -0.478 e. The number of fused-ring (bicyclic) bond motifs is 2. The maximum Gasteiger partial charge on any atom is 0.337 e. The van der Waals surface area contributed by atoms with E-state index in [1.807, 2.05) is 12.1 Å². The molecule has 5 rings (SSSR count). The van der Waals surface area contributed by atoms with Crippen molar-refractivity contribution in [3.05, 3.63) is 107 Å². The predicted molar refractivity (Wildman–Crippen MR) is 134 cm³/mol. The van der Waals surface area contributed by atoms with Crippen LogP contribution in [0.5, 0.6) is 0 Å². The second-order valence-electron chi connectivity index (χ2n) is 8.87. The van der Waals surface area contributed by atoms with Gasteiger partial charge in [-0.15, -0.1) is 0 Å². The van der Waals surface area contributed by atoms with Gasteiger partial charge >= 0.3 is 5.97 Å². The van der Waals surface area contributed by atoms with Crippen LogP contribution in [0.1, 0.15) is 39.0 Å². The maximum absolute atomic E-state index is 11.6. The Labute approximate surface area is 195 Å². The van der Waals surface area contributed by atoms with E-state index in [-0.39, 0.29) is 0 Å². The van der Waals surface area contributed by atoms with Crippen LogP contribution in [-0.2, 0) is 12.8 Å². The Kier molecular flexibility index (Phi) is 6.27. The molecule has 4 heteroatoms. The summed E-state index contributed by atoms with van der Waals surface area (Å²) in [6, 6.07) is 25.0. The topological polar surface area (TPSA) is 43.8 Å². The van der Waals surface area contributed by atoms with Gasteiger partial charge in [0.05, 0.1) is 11.3 Å². The number of para-hydroxylation sites is 1. The van der Waals surface area contributed by atoms with Crippen molar-refractivity contribution in [2.75, 3.05) is 37.6 Å². The van der Waals surface area contributed by atoms with Gasteiger partial charge in [-0.1, -0.05) is 66.7 Å². The molecule has 0 saturated carbocycles. The molecule has 0 amide bonds. The molecule has 0 unspecified atom stereocenters. The Morgan fingerprint density at radius 3 is 2.00 bits per heavy atom. The summed E-state index contributed by atoms with van der Waals surface area (Å²) in [5.41, 5.74) is 8.21. The molecule has 0 spiro atoms. The largest absolute Gasteiger partial charge is 0.478 e. The summed E-state index contributed by atoms with van der Waals surface area (Å²) < 4.78 is 0. The molecule has 2 aliphatic rings. The summed E-state index contributed by atoms with van der Waals surface area (Å²) in [5.74, 6) is -0.858. The van der Waals surface area contributed by atoms with Crippen LogP contribution in [-0.4, -0.2) is 48.7 Å². The zero-order valence-corrected chi connectivity index (χ0v) is 18.9. The van der Waals surface area contributed by atoms with E-state index in [2.05, 4.69) is 64.4 Å². The van der Waals surface area contributed by atoms with Gasteiger partial charge in [-0.25, -0.2) is 4.79 Å². The minimum absolute atomic E-state index is 0.390. The molecule has 3 aromatic carbocycles. The third kappa shape index (κ3) is 4.57. The zero-order chi connectivity index (χ0) is 22.6. The van der Waals surface area contributed by atoms with E-state index in [0.717, 1.165) is 57.7 Å². The van der Waals surface area contributed by atoms with Crippen LogP contribution in [0.15, 0.2) is 78.9 Å². The number of piperazine rings is 1. The zero-order valence-electron chi connectivity index (χ0n) is 18.9. The van der Waals surface area contributed by atoms with Gasteiger partial charge in [0.15, 0.2) is 0 Å². The number of hydrogen-bond acceptors (Lipinski definition) is 3. The summed E-state index contributed by atoms with van der Waals surface area (Å²) in [4.78, 5) is 16.3. The fourth-order valence-electron chi connectivity index (χ4n) is 5.17. The molecule has 1 aliphatic carbocycles. The lowest BCUT2D eigenvalue weighted by Crippen LogP contribution is -2.47. The van der Waals surface area contributed by atoms with Gasteiger partial charge in [0.1, 0.15) is 0 Å². The highest BCUT2D eigenvalue weighted by Gasteiger charge is 2.21. The molecule has 1 fully saturated rings. The van der Waals surface area contributed by atoms with E-state index in [4.69, 9.17) is 0 Å². The first-order chi connectivity index (χ1) is 16.2. The highest BCUT2D eigenvalue weighted by molar-refractivity contribution is 5.94. The highest BCUT2D eigenvalue weighted by atomic mass is 16.4. The van der Waals surface area contributed by atoms with Crippen LogP contribution in [0.2, 0.25) is 0 Å². The van der Waals surface area contributed by atoms with E-state index in [9.17, 15) is 9.90 Å². The fourth-order valence-corrected chi connectivity index (χ4v) is 5.17. The van der Waals surface area contributed by atoms with Crippen LogP contribution in [0, 0.1) is 0 Å². The molecular formula is C29H30N2O2. The van der Waals surface area contributed by atoms with E-state index in [1.54, 1.807) is 12.1 Å². The average molecular weight is 439 g/mol. The number of carbonyl (C=O) groups is 1. The molecule has 1 aliphatic heterocycles. The van der Waals surface area contributed by atoms with Gasteiger partial charge in [0, 0.05) is 32.7 Å². The molecule has 0 atom stereocenters. The van der Waals surface area contributed by atoms with Gasteiger partial charge in [0.25, 0.3) is 0 Å². The minimum atomic E-state index is -0.858. The van der Waals surface area contributed by atoms with Crippen molar-refractivity contribution in [1.29, 1.82) is 0 Å². The number of hydrogen-bond donors (Lipinski definition) is 1. The predicted octanol–water partition coefficient (Wildman–Crippen LogP) is 5.13. The van der Waals surface area contributed by atoms with Gasteiger partial charge in [0.2, 0.25) is 0 Å². The monoisotopic (exact) mass is 438 g/mol. The molecule has 4 nitrogen and oxygen atoms in total. The Bertz CT molecular complexity index is 1130. The van der Waals surface area contributed by atoms with Crippen LogP contribution in [0.25, 0.3) is 5.57 Å². The third-order valence-corrected chi connectivity index (χ3v) is 6.92. The number of carboxylic acids is 1. The molecule has 1 N–H and O–H groups in total. The quantitative estimate of drug-likeness (QED) is 0.600. The fraction of sp³-hybridized carbons (Fsp3) is 0.276. The van der Waals surface area contributed by atoms with Crippen molar-refractivity contribution in [2.45, 2.75) is 19.3 Å². The van der Waals surface area contributed by atoms with Crippen molar-refractivity contribution in [3.8, 4) is 0 Å². The molecule has 0 bridgehead atoms. The molecule has 168 valence electrons. The Balaban J connectivity index is 1.27. The summed E-state index contributed by atoms with van der Waals surface area (Å²) in [6.07, 6.45) is 5.60. The molecule has 0 aromatic heterocycles. The average Bonchev–Trinajstić information content (AvgIpc) is 3.02. The number of carboxylic acid groups (broad SMARTS) is 1. The van der Waals surface area contributed by atoms with Gasteiger partial charge in [-0.3, -0.25) is 4.90 Å². The van der Waals surface area contributed by atoms with Crippen LogP contribution < -0.4 is 4.90 Å². The van der Waals surface area contributed by atoms with Crippen molar-refractivity contribution in [1.82, 2.24) is 4.90 Å². The number of anilines is 1. The van der Waals surface area contributed by atoms with Crippen molar-refractivity contribution in [3.63, 3.8) is 0 Å². The smallest absolute Gasteiger partial charge is 0.337 e. The van der Waals surface area contributed by atoms with Crippen molar-refractivity contribution < 1.29 is 9.90 Å². The Hall–Kier alpha value is -3.37. The standard InChI is InChI=1S/C29H30N2O2/c32-29(33)27-12-5-6-14-28(27)31-20-18-30(19-21-31)17-7-13-26-24-10-3-1-8-22(24)15-16-23-9-2-4-11-25(23)26/h1-6,8-14H,7,15-21H2,(H,32,33). The Morgan fingerprint density at radius 1 is 0.788 bits per heavy atom. The number of benzene rings is 3. The van der Waals surface area contributed by atoms with E-state index in [0.29, 0.717) is 5.56 Å². The first kappa shape index (κ1) is 21.5. The van der Waals surface area contributed by atoms with Crippen LogP contribution in [0.4, 0.5) is 5.69 Å². The lowest BCUT2D eigenvalue weighted by Gasteiger charge is -2.36. The molecule has 0 radical (unpaired) electrons. The molecule has 3 aromatic rings. The van der Waals surface area contributed by atoms with Crippen molar-refractivity contribution >= 4 is 17.2 Å². The highest BCUT2D eigenvalue weighted by Crippen LogP contribution is 2.33. The summed E-state index contributed by atoms with van der Waals surface area (Å²) in [7, 11) is 0. The van der Waals surface area contributed by atoms with Crippen LogP contribution >= 0.6 is 0 Å². The Morgan fingerprint density at radius 2 is 1.36 bits per heavy atom. The van der Waals surface area contributed by atoms with Crippen molar-refractivity contribution in [2.24, 2.45) is 0 Å². The van der Waals surface area contributed by atoms with E-state index < -0.39 is 5.97 Å². The number of rotatable bonds is 5. The number of aromatic carboxylic acids is 1. The summed E-state index contributed by atoms with van der Waals surface area (Å²) in [5, 5.41) is 9.50. The lowest BCUT2D eigenvalue weighted by atomic mass is 9.93. The number of nitrogens with zero attached hydrogens (tertiary/aromatic N) is 2. The van der Waals surface area contributed by atoms with Gasteiger partial charge in [-0.2, -0.15) is 0 Å². The molecule has 1 saturated heterocycles. The molecular weight excluding hydrogens is 408 g/mol. The first-order valence-electron chi connectivity index (χ1n) is 11.9. The normalized spacial score (nSPS) is 16.0. The maximum atomic E-state index is 11.6. The van der Waals surface area contributed by atoms with E-state index in [1.165, 1.54) is 27.8 Å². The molecule has 33 heavy (non-hydrogen) atoms. The van der Waals surface area contributed by atoms with Gasteiger partial charge in [-0.05, 0) is 59.2 Å². The summed E-state index contributed by atoms with van der Waals surface area (Å²) >= 11 is 0. The second kappa shape index (κ2) is 9.63. The SMILES string of the molecule is O=C(O)c1ccccc1N1CCN(CCC=C2c3ccccc3CCc3ccccc32)CC1. The van der Waals surface area contributed by atoms with E-state index >= 15 is 0 Å². The second-order valence-corrected chi connectivity index (χ2v) is 8.87. The number of aryl methyl sites for hydroxylation is 2. The van der Waals surface area contributed by atoms with Crippen LogP contribution in [0.3, 0.4) is 0 Å². The third-order valence-electron chi connectivity index (χ3n) is 6.92.